The molecule has 0 spiro atoms. The Labute approximate surface area is 421 Å². The van der Waals surface area contributed by atoms with Gasteiger partial charge in [0.25, 0.3) is 0 Å². The highest BCUT2D eigenvalue weighted by Crippen LogP contribution is 2.76. The van der Waals surface area contributed by atoms with E-state index >= 15 is 4.79 Å². The lowest BCUT2D eigenvalue weighted by atomic mass is 9.33. The molecule has 5 aliphatic carbocycles. The third kappa shape index (κ3) is 8.87. The van der Waals surface area contributed by atoms with E-state index < -0.39 is 129 Å². The zero-order valence-corrected chi connectivity index (χ0v) is 43.1. The highest BCUT2D eigenvalue weighted by Gasteiger charge is 2.70. The van der Waals surface area contributed by atoms with E-state index in [4.69, 9.17) is 37.9 Å². The van der Waals surface area contributed by atoms with Gasteiger partial charge in [0.05, 0.1) is 37.4 Å². The van der Waals surface area contributed by atoms with E-state index in [1.807, 2.05) is 0 Å². The molecule has 0 amide bonds. The third-order valence-corrected chi connectivity index (χ3v) is 20.6. The minimum Gasteiger partial charge on any atom is -0.432 e. The molecule has 0 radical (unpaired) electrons. The molecular weight excluding hydrogens is 945 g/mol. The molecule has 26 atom stereocenters. The van der Waals surface area contributed by atoms with Crippen molar-refractivity contribution in [2.45, 2.75) is 236 Å². The second-order valence-electron chi connectivity index (χ2n) is 25.4. The van der Waals surface area contributed by atoms with Crippen LogP contribution < -0.4 is 0 Å². The van der Waals surface area contributed by atoms with Crippen LogP contribution in [-0.4, -0.2) is 199 Å². The van der Waals surface area contributed by atoms with Gasteiger partial charge in [0.1, 0.15) is 73.2 Å². The maximum absolute atomic E-state index is 15.2. The van der Waals surface area contributed by atoms with Crippen LogP contribution >= 0.6 is 0 Å². The number of carbonyl (C=O) groups is 1. The van der Waals surface area contributed by atoms with Crippen molar-refractivity contribution in [2.75, 3.05) is 19.8 Å². The van der Waals surface area contributed by atoms with Crippen molar-refractivity contribution in [3.8, 4) is 0 Å². The van der Waals surface area contributed by atoms with Crippen LogP contribution in [0.25, 0.3) is 0 Å². The highest BCUT2D eigenvalue weighted by atomic mass is 16.8. The van der Waals surface area contributed by atoms with Gasteiger partial charge in [-0.1, -0.05) is 60.1 Å². The molecule has 412 valence electrons. The largest absolute Gasteiger partial charge is 0.432 e. The fraction of sp³-hybridized carbons (Fsp3) is 0.942. The second kappa shape index (κ2) is 19.7. The van der Waals surface area contributed by atoms with Crippen molar-refractivity contribution in [3.05, 3.63) is 11.6 Å². The van der Waals surface area contributed by atoms with E-state index in [0.717, 1.165) is 44.9 Å². The van der Waals surface area contributed by atoms with Gasteiger partial charge < -0.3 is 94.1 Å². The molecule has 4 aliphatic heterocycles. The normalized spacial score (nSPS) is 54.2. The maximum Gasteiger partial charge on any atom is 0.315 e. The fourth-order valence-electron chi connectivity index (χ4n) is 15.9. The van der Waals surface area contributed by atoms with Crippen molar-refractivity contribution < 1.29 is 98.9 Å². The van der Waals surface area contributed by atoms with Gasteiger partial charge in [-0.15, -0.1) is 0 Å². The average Bonchev–Trinajstić information content (AvgIpc) is 3.32. The Hall–Kier alpha value is -1.51. The summed E-state index contributed by atoms with van der Waals surface area (Å²) in [7, 11) is 0. The molecule has 4 saturated carbocycles. The molecule has 4 saturated heterocycles. The lowest BCUT2D eigenvalue weighted by molar-refractivity contribution is -0.368. The molecule has 0 aromatic carbocycles. The number of aliphatic hydroxyl groups is 11. The van der Waals surface area contributed by atoms with Crippen LogP contribution in [0.15, 0.2) is 11.6 Å². The van der Waals surface area contributed by atoms with Gasteiger partial charge >= 0.3 is 5.97 Å². The van der Waals surface area contributed by atoms with Gasteiger partial charge in [-0.05, 0) is 116 Å². The Morgan fingerprint density at radius 1 is 0.625 bits per heavy atom. The summed E-state index contributed by atoms with van der Waals surface area (Å²) in [4.78, 5) is 15.2. The van der Waals surface area contributed by atoms with E-state index in [1.165, 1.54) is 12.5 Å². The minimum atomic E-state index is -1.82. The summed E-state index contributed by atoms with van der Waals surface area (Å²) in [6.45, 7) is 16.4. The summed E-state index contributed by atoms with van der Waals surface area (Å²) in [5.41, 5.74) is -0.664. The fourth-order valence-corrected chi connectivity index (χ4v) is 15.9. The van der Waals surface area contributed by atoms with Crippen LogP contribution in [0.4, 0.5) is 0 Å². The number of carbonyl (C=O) groups excluding carboxylic acids is 1. The van der Waals surface area contributed by atoms with E-state index in [9.17, 15) is 56.2 Å². The molecule has 20 heteroatoms. The number of aliphatic hydroxyl groups excluding tert-OH is 11. The van der Waals surface area contributed by atoms with Crippen LogP contribution in [0.5, 0.6) is 0 Å². The Kier molecular flexibility index (Phi) is 15.2. The molecular formula is C52H84O20. The van der Waals surface area contributed by atoms with Crippen molar-refractivity contribution in [3.63, 3.8) is 0 Å². The lowest BCUT2D eigenvalue weighted by Crippen LogP contribution is -2.66. The molecule has 20 nitrogen and oxygen atoms in total. The number of fused-ring (bicyclic) bond motifs is 7. The topological polar surface area (TPSA) is 313 Å². The molecule has 9 aliphatic rings. The SMILES string of the molecule is CC1OC(OC2C(OC(=O)C34CCC(C)(C)CC3C3=CCC5C6(C)CCC(OC7OC(CO)C(O)C(O)C7O)C(C)(C)C6CCC5(C)C3(C)CC4)OCC(O)C2O)C(O)C(O)C1OC1OCC(O)C(O)C1O. The first-order chi connectivity index (χ1) is 33.7. The smallest absolute Gasteiger partial charge is 0.315 e. The zero-order valence-electron chi connectivity index (χ0n) is 43.1. The molecule has 26 unspecified atom stereocenters. The lowest BCUT2D eigenvalue weighted by Gasteiger charge is -2.71. The van der Waals surface area contributed by atoms with Crippen LogP contribution in [-0.2, 0) is 42.7 Å². The number of allylic oxidation sites excluding steroid dienone is 2. The predicted molar refractivity (Wildman–Crippen MR) is 249 cm³/mol. The molecule has 8 fully saturated rings. The van der Waals surface area contributed by atoms with Crippen LogP contribution in [0, 0.1) is 50.2 Å². The number of esters is 1. The minimum absolute atomic E-state index is 0.0958. The highest BCUT2D eigenvalue weighted by molar-refractivity contribution is 5.79. The predicted octanol–water partition coefficient (Wildman–Crippen LogP) is 0.271. The first kappa shape index (κ1) is 55.3. The number of hydrogen-bond donors (Lipinski definition) is 11. The molecule has 9 rings (SSSR count). The van der Waals surface area contributed by atoms with Gasteiger partial charge in [0, 0.05) is 0 Å². The second-order valence-corrected chi connectivity index (χ2v) is 25.4. The van der Waals surface area contributed by atoms with Gasteiger partial charge in [-0.2, -0.15) is 0 Å². The molecule has 11 N–H and O–H groups in total. The number of hydrogen-bond acceptors (Lipinski definition) is 20. The van der Waals surface area contributed by atoms with Gasteiger partial charge in [0.2, 0.25) is 6.29 Å². The standard InChI is InChI=1S/C52H84O20/c1-23-40(70-42-37(61)32(56)26(54)21-65-42)36(60)39(63)43(67-23)71-41-33(57)27(55)22-66-45(41)72-46(64)52-17-15-47(2,3)19-25(52)24-9-10-30-49(6)13-12-31(69-44-38(62)35(59)34(58)28(20-53)68-44)48(4,5)29(49)11-14-51(30,8)50(24,7)16-18-52/h9,23,25-45,53-63H,10-22H2,1-8H3. The summed E-state index contributed by atoms with van der Waals surface area (Å²) in [5, 5.41) is 117. The van der Waals surface area contributed by atoms with E-state index in [2.05, 4.69) is 54.5 Å². The number of ether oxygens (including phenoxy) is 8. The molecule has 4 heterocycles. The summed E-state index contributed by atoms with van der Waals surface area (Å²) >= 11 is 0. The number of rotatable bonds is 9. The van der Waals surface area contributed by atoms with Crippen molar-refractivity contribution >= 4 is 5.97 Å². The van der Waals surface area contributed by atoms with Crippen LogP contribution in [0.3, 0.4) is 0 Å². The van der Waals surface area contributed by atoms with E-state index in [0.29, 0.717) is 19.3 Å². The van der Waals surface area contributed by atoms with Crippen LogP contribution in [0.1, 0.15) is 120 Å². The maximum atomic E-state index is 15.2. The monoisotopic (exact) mass is 1030 g/mol. The van der Waals surface area contributed by atoms with Crippen molar-refractivity contribution in [1.29, 1.82) is 0 Å². The van der Waals surface area contributed by atoms with Crippen molar-refractivity contribution in [1.82, 2.24) is 0 Å². The van der Waals surface area contributed by atoms with E-state index in [-0.39, 0.29) is 64.1 Å². The summed E-state index contributed by atoms with van der Waals surface area (Å²) < 4.78 is 47.8. The van der Waals surface area contributed by atoms with Gasteiger partial charge in [-0.25, -0.2) is 0 Å². The Balaban J connectivity index is 0.928. The average molecular weight is 1030 g/mol. The third-order valence-electron chi connectivity index (χ3n) is 20.6. The molecule has 0 aromatic rings. The van der Waals surface area contributed by atoms with Gasteiger partial charge in [-0.3, -0.25) is 4.79 Å². The summed E-state index contributed by atoms with van der Waals surface area (Å²) in [5.74, 6) is -0.160. The summed E-state index contributed by atoms with van der Waals surface area (Å²) in [6.07, 6.45) is -17.0. The zero-order chi connectivity index (χ0) is 52.4. The van der Waals surface area contributed by atoms with E-state index in [1.54, 1.807) is 0 Å². The van der Waals surface area contributed by atoms with Crippen molar-refractivity contribution in [2.24, 2.45) is 50.2 Å². The Morgan fingerprint density at radius 3 is 1.93 bits per heavy atom. The first-order valence-corrected chi connectivity index (χ1v) is 26.5. The Morgan fingerprint density at radius 2 is 1.24 bits per heavy atom. The first-order valence-electron chi connectivity index (χ1n) is 26.5. The quantitative estimate of drug-likeness (QED) is 0.0839. The Bertz CT molecular complexity index is 1990. The molecule has 72 heavy (non-hydrogen) atoms. The van der Waals surface area contributed by atoms with Crippen LogP contribution in [0.2, 0.25) is 0 Å². The summed E-state index contributed by atoms with van der Waals surface area (Å²) in [6, 6.07) is 0. The molecule has 0 aromatic heterocycles. The molecule has 0 bridgehead atoms. The van der Waals surface area contributed by atoms with Gasteiger partial charge in [0.15, 0.2) is 25.0 Å².